The average molecular weight is 543 g/mol. The Morgan fingerprint density at radius 2 is 2.03 bits per heavy atom. The smallest absolute Gasteiger partial charge is 0.191 e. The van der Waals surface area contributed by atoms with E-state index in [2.05, 4.69) is 32.6 Å². The summed E-state index contributed by atoms with van der Waals surface area (Å²) in [4.78, 5) is 11.3. The van der Waals surface area contributed by atoms with E-state index in [9.17, 15) is 4.39 Å². The Bertz CT molecular complexity index is 864. The van der Waals surface area contributed by atoms with E-state index in [0.717, 1.165) is 68.6 Å². The zero-order chi connectivity index (χ0) is 21.5. The number of benzene rings is 1. The number of guanidine groups is 1. The van der Waals surface area contributed by atoms with Crippen LogP contribution in [0.3, 0.4) is 0 Å². The average Bonchev–Trinajstić information content (AvgIpc) is 3.17. The number of hydrogen-bond acceptors (Lipinski definition) is 4. The van der Waals surface area contributed by atoms with Gasteiger partial charge in [0, 0.05) is 38.5 Å². The molecule has 1 atom stereocenters. The van der Waals surface area contributed by atoms with E-state index in [4.69, 9.17) is 0 Å². The molecule has 0 saturated heterocycles. The van der Waals surface area contributed by atoms with Crippen molar-refractivity contribution in [1.29, 1.82) is 0 Å². The first-order valence-corrected chi connectivity index (χ1v) is 11.1. The minimum atomic E-state index is -0.193. The molecule has 1 aromatic heterocycles. The van der Waals surface area contributed by atoms with Gasteiger partial charge in [-0.2, -0.15) is 5.10 Å². The van der Waals surface area contributed by atoms with Crippen molar-refractivity contribution in [2.75, 3.05) is 24.5 Å². The summed E-state index contributed by atoms with van der Waals surface area (Å²) in [5.74, 6) is 2.52. The normalized spacial score (nSPS) is 15.8. The highest BCUT2D eigenvalue weighted by Gasteiger charge is 2.22. The molecule has 1 aromatic carbocycles. The van der Waals surface area contributed by atoms with Crippen LogP contribution in [-0.4, -0.2) is 46.4 Å². The molecule has 7 nitrogen and oxygen atoms in total. The van der Waals surface area contributed by atoms with E-state index < -0.39 is 0 Å². The van der Waals surface area contributed by atoms with Crippen molar-refractivity contribution in [3.05, 3.63) is 41.2 Å². The molecule has 31 heavy (non-hydrogen) atoms. The monoisotopic (exact) mass is 543 g/mol. The SMILES string of the molecule is CCNC(=NCc1ccc(N(CC)CC)c(F)c1)NC1CCc2nc(CC)nn2C1.I. The predicted molar refractivity (Wildman–Crippen MR) is 135 cm³/mol. The van der Waals surface area contributed by atoms with E-state index in [1.165, 1.54) is 0 Å². The minimum Gasteiger partial charge on any atom is -0.370 e. The lowest BCUT2D eigenvalue weighted by molar-refractivity contribution is 0.392. The fraction of sp³-hybridized carbons (Fsp3) is 0.591. The molecule has 0 radical (unpaired) electrons. The molecule has 0 bridgehead atoms. The molecular weight excluding hydrogens is 508 g/mol. The third-order valence-corrected chi connectivity index (χ3v) is 5.44. The van der Waals surface area contributed by atoms with E-state index in [-0.39, 0.29) is 35.8 Å². The minimum absolute atomic E-state index is 0. The number of aromatic nitrogens is 3. The number of anilines is 1. The third-order valence-electron chi connectivity index (χ3n) is 5.44. The van der Waals surface area contributed by atoms with E-state index in [1.807, 2.05) is 42.5 Å². The van der Waals surface area contributed by atoms with Gasteiger partial charge in [0.15, 0.2) is 11.8 Å². The molecule has 3 rings (SSSR count). The largest absolute Gasteiger partial charge is 0.370 e. The third kappa shape index (κ3) is 6.54. The maximum absolute atomic E-state index is 14.6. The Morgan fingerprint density at radius 1 is 1.26 bits per heavy atom. The lowest BCUT2D eigenvalue weighted by atomic mass is 10.1. The first-order chi connectivity index (χ1) is 14.6. The highest BCUT2D eigenvalue weighted by atomic mass is 127. The maximum atomic E-state index is 14.6. The highest BCUT2D eigenvalue weighted by Crippen LogP contribution is 2.21. The van der Waals surface area contributed by atoms with Gasteiger partial charge < -0.3 is 15.5 Å². The molecule has 1 aliphatic heterocycles. The van der Waals surface area contributed by atoms with Crippen LogP contribution in [0.5, 0.6) is 0 Å². The van der Waals surface area contributed by atoms with E-state index in [1.54, 1.807) is 6.07 Å². The molecule has 0 spiro atoms. The molecule has 172 valence electrons. The number of aryl methyl sites for hydroxylation is 2. The summed E-state index contributed by atoms with van der Waals surface area (Å²) in [6.07, 6.45) is 2.74. The van der Waals surface area contributed by atoms with Crippen LogP contribution in [0.2, 0.25) is 0 Å². The Morgan fingerprint density at radius 3 is 2.68 bits per heavy atom. The fourth-order valence-corrected chi connectivity index (χ4v) is 3.78. The molecule has 2 heterocycles. The Hall–Kier alpha value is -1.91. The zero-order valence-corrected chi connectivity index (χ0v) is 21.3. The topological polar surface area (TPSA) is 70.4 Å². The second-order valence-electron chi connectivity index (χ2n) is 7.51. The molecule has 0 fully saturated rings. The number of hydrogen-bond donors (Lipinski definition) is 2. The number of fused-ring (bicyclic) bond motifs is 1. The van der Waals surface area contributed by atoms with Crippen LogP contribution in [0.1, 0.15) is 51.3 Å². The molecule has 1 aliphatic rings. The summed E-state index contributed by atoms with van der Waals surface area (Å²) in [6.45, 7) is 11.7. The van der Waals surface area contributed by atoms with Crippen molar-refractivity contribution >= 4 is 35.6 Å². The number of rotatable bonds is 8. The Balaban J connectivity index is 0.00000341. The van der Waals surface area contributed by atoms with Crippen LogP contribution in [-0.2, 0) is 25.9 Å². The molecular formula is C22H35FIN7. The van der Waals surface area contributed by atoms with Gasteiger partial charge in [-0.3, -0.25) is 0 Å². The predicted octanol–water partition coefficient (Wildman–Crippen LogP) is 3.51. The number of halogens is 2. The second kappa shape index (κ2) is 12.2. The summed E-state index contributed by atoms with van der Waals surface area (Å²) in [6, 6.07) is 5.64. The number of aliphatic imine (C=N–C) groups is 1. The van der Waals surface area contributed by atoms with Gasteiger partial charge in [0.25, 0.3) is 0 Å². The van der Waals surface area contributed by atoms with Gasteiger partial charge in [-0.15, -0.1) is 24.0 Å². The summed E-state index contributed by atoms with van der Waals surface area (Å²) >= 11 is 0. The first-order valence-electron chi connectivity index (χ1n) is 11.1. The fourth-order valence-electron chi connectivity index (χ4n) is 3.78. The van der Waals surface area contributed by atoms with Crippen molar-refractivity contribution in [2.24, 2.45) is 4.99 Å². The summed E-state index contributed by atoms with van der Waals surface area (Å²) in [5, 5.41) is 11.4. The van der Waals surface area contributed by atoms with Crippen LogP contribution < -0.4 is 15.5 Å². The van der Waals surface area contributed by atoms with E-state index in [0.29, 0.717) is 12.2 Å². The zero-order valence-electron chi connectivity index (χ0n) is 19.0. The standard InChI is InChI=1S/C22H34FN7.HI/c1-5-20-27-21-12-10-17(15-30(21)28-20)26-22(24-6-2)25-14-16-9-11-19(18(23)13-16)29(7-3)8-4;/h9,11,13,17H,5-8,10,12,14-15H2,1-4H3,(H2,24,25,26);1H. The molecule has 9 heteroatoms. The second-order valence-corrected chi connectivity index (χ2v) is 7.51. The molecule has 0 saturated carbocycles. The lowest BCUT2D eigenvalue weighted by Crippen LogP contribution is -2.47. The number of nitrogens with one attached hydrogen (secondary N) is 2. The van der Waals surface area contributed by atoms with Crippen LogP contribution in [0.15, 0.2) is 23.2 Å². The first kappa shape index (κ1) is 25.4. The van der Waals surface area contributed by atoms with Gasteiger partial charge in [0.1, 0.15) is 11.6 Å². The molecule has 2 aromatic rings. The van der Waals surface area contributed by atoms with Crippen molar-refractivity contribution < 1.29 is 4.39 Å². The summed E-state index contributed by atoms with van der Waals surface area (Å²) in [5.41, 5.74) is 1.51. The van der Waals surface area contributed by atoms with Gasteiger partial charge in [-0.1, -0.05) is 13.0 Å². The van der Waals surface area contributed by atoms with Crippen LogP contribution in [0, 0.1) is 5.82 Å². The molecule has 0 aliphatic carbocycles. The van der Waals surface area contributed by atoms with Gasteiger partial charge >= 0.3 is 0 Å². The van der Waals surface area contributed by atoms with Gasteiger partial charge in [-0.05, 0) is 44.9 Å². The van der Waals surface area contributed by atoms with Crippen molar-refractivity contribution in [3.63, 3.8) is 0 Å². The molecule has 0 amide bonds. The summed E-state index contributed by atoms with van der Waals surface area (Å²) in [7, 11) is 0. The van der Waals surface area contributed by atoms with Gasteiger partial charge in [-0.25, -0.2) is 19.0 Å². The quantitative estimate of drug-likeness (QED) is 0.303. The summed E-state index contributed by atoms with van der Waals surface area (Å²) < 4.78 is 16.6. The lowest BCUT2D eigenvalue weighted by Gasteiger charge is -2.25. The van der Waals surface area contributed by atoms with Crippen molar-refractivity contribution in [2.45, 2.75) is 66.1 Å². The van der Waals surface area contributed by atoms with Gasteiger partial charge in [0.2, 0.25) is 0 Å². The van der Waals surface area contributed by atoms with E-state index >= 15 is 0 Å². The maximum Gasteiger partial charge on any atom is 0.191 e. The molecule has 1 unspecified atom stereocenters. The Kier molecular flexibility index (Phi) is 9.98. The van der Waals surface area contributed by atoms with Crippen LogP contribution >= 0.6 is 24.0 Å². The van der Waals surface area contributed by atoms with Crippen LogP contribution in [0.25, 0.3) is 0 Å². The van der Waals surface area contributed by atoms with Crippen molar-refractivity contribution in [1.82, 2.24) is 25.4 Å². The van der Waals surface area contributed by atoms with Gasteiger partial charge in [0.05, 0.1) is 18.8 Å². The highest BCUT2D eigenvalue weighted by molar-refractivity contribution is 14.0. The molecule has 2 N–H and O–H groups in total. The van der Waals surface area contributed by atoms with Crippen molar-refractivity contribution in [3.8, 4) is 0 Å². The Labute approximate surface area is 201 Å². The number of nitrogens with zero attached hydrogens (tertiary/aromatic N) is 5. The van der Waals surface area contributed by atoms with Crippen LogP contribution in [0.4, 0.5) is 10.1 Å².